The molecular weight excluding hydrogens is 326 g/mol. The Hall–Kier alpha value is -2.41. The van der Waals surface area contributed by atoms with Crippen molar-refractivity contribution in [1.82, 2.24) is 4.98 Å². The summed E-state index contributed by atoms with van der Waals surface area (Å²) < 4.78 is 4.93. The number of hydrogen-bond acceptors (Lipinski definition) is 5. The molecule has 3 rings (SSSR count). The van der Waals surface area contributed by atoms with E-state index < -0.39 is 0 Å². The second-order valence-corrected chi connectivity index (χ2v) is 7.42. The minimum atomic E-state index is -0.387. The number of anilines is 2. The molecule has 24 heavy (non-hydrogen) atoms. The van der Waals surface area contributed by atoms with Crippen LogP contribution in [0.3, 0.4) is 0 Å². The molecule has 0 unspecified atom stereocenters. The Bertz CT molecular complexity index is 779. The maximum atomic E-state index is 12.4. The third kappa shape index (κ3) is 3.41. The number of nitrogens with zero attached hydrogens (tertiary/aromatic N) is 2. The third-order valence-corrected chi connectivity index (χ3v) is 4.43. The SMILES string of the molecule is CC(C)(C)c1csc(NC(=O)c2cccc(N3CCOC3=O)c2)n1. The van der Waals surface area contributed by atoms with Crippen molar-refractivity contribution < 1.29 is 14.3 Å². The minimum Gasteiger partial charge on any atom is -0.447 e. The zero-order valence-electron chi connectivity index (χ0n) is 13.8. The Balaban J connectivity index is 1.76. The predicted octanol–water partition coefficient (Wildman–Crippen LogP) is 3.65. The van der Waals surface area contributed by atoms with E-state index >= 15 is 0 Å². The molecule has 1 aromatic carbocycles. The molecule has 0 atom stereocenters. The molecule has 0 radical (unpaired) electrons. The zero-order chi connectivity index (χ0) is 17.3. The number of cyclic esters (lactones) is 1. The smallest absolute Gasteiger partial charge is 0.414 e. The highest BCUT2D eigenvalue weighted by molar-refractivity contribution is 7.14. The first-order valence-corrected chi connectivity index (χ1v) is 8.54. The van der Waals surface area contributed by atoms with Crippen molar-refractivity contribution in [3.8, 4) is 0 Å². The molecule has 0 aliphatic carbocycles. The second-order valence-electron chi connectivity index (χ2n) is 6.56. The molecule has 0 spiro atoms. The van der Waals surface area contributed by atoms with Gasteiger partial charge >= 0.3 is 6.09 Å². The van der Waals surface area contributed by atoms with E-state index in [0.29, 0.717) is 29.5 Å². The fourth-order valence-electron chi connectivity index (χ4n) is 2.29. The van der Waals surface area contributed by atoms with E-state index in [0.717, 1.165) is 5.69 Å². The number of carbonyl (C=O) groups is 2. The minimum absolute atomic E-state index is 0.0600. The van der Waals surface area contributed by atoms with E-state index in [1.807, 2.05) is 5.38 Å². The van der Waals surface area contributed by atoms with E-state index in [4.69, 9.17) is 4.74 Å². The van der Waals surface area contributed by atoms with Gasteiger partial charge in [-0.25, -0.2) is 9.78 Å². The molecule has 1 fully saturated rings. The summed E-state index contributed by atoms with van der Waals surface area (Å²) in [5.41, 5.74) is 2.01. The van der Waals surface area contributed by atoms with Crippen molar-refractivity contribution >= 4 is 34.2 Å². The Morgan fingerprint density at radius 3 is 2.79 bits per heavy atom. The van der Waals surface area contributed by atoms with Crippen LogP contribution >= 0.6 is 11.3 Å². The van der Waals surface area contributed by atoms with Crippen LogP contribution in [0, 0.1) is 0 Å². The van der Waals surface area contributed by atoms with E-state index in [9.17, 15) is 9.59 Å². The lowest BCUT2D eigenvalue weighted by molar-refractivity contribution is 0.102. The van der Waals surface area contributed by atoms with Gasteiger partial charge in [0.1, 0.15) is 6.61 Å². The summed E-state index contributed by atoms with van der Waals surface area (Å²) in [5, 5.41) is 5.33. The molecule has 7 heteroatoms. The lowest BCUT2D eigenvalue weighted by atomic mass is 9.93. The molecule has 0 bridgehead atoms. The van der Waals surface area contributed by atoms with Gasteiger partial charge in [-0.05, 0) is 18.2 Å². The standard InChI is InChI=1S/C17H19N3O3S/c1-17(2,3)13-10-24-15(18-13)19-14(21)11-5-4-6-12(9-11)20-7-8-23-16(20)22/h4-6,9-10H,7-8H2,1-3H3,(H,18,19,21). The number of aromatic nitrogens is 1. The number of hydrogen-bond donors (Lipinski definition) is 1. The lowest BCUT2D eigenvalue weighted by Crippen LogP contribution is -2.23. The summed E-state index contributed by atoms with van der Waals surface area (Å²) in [6.45, 7) is 7.08. The third-order valence-electron chi connectivity index (χ3n) is 3.67. The van der Waals surface area contributed by atoms with Crippen molar-refractivity contribution in [3.05, 3.63) is 40.9 Å². The van der Waals surface area contributed by atoms with Crippen LogP contribution < -0.4 is 10.2 Å². The predicted molar refractivity (Wildman–Crippen MR) is 93.9 cm³/mol. The summed E-state index contributed by atoms with van der Waals surface area (Å²) in [6, 6.07) is 6.92. The van der Waals surface area contributed by atoms with Gasteiger partial charge in [0.15, 0.2) is 5.13 Å². The molecule has 1 aliphatic rings. The molecule has 2 aromatic rings. The lowest BCUT2D eigenvalue weighted by Gasteiger charge is -2.14. The van der Waals surface area contributed by atoms with Gasteiger partial charge in [0.2, 0.25) is 0 Å². The monoisotopic (exact) mass is 345 g/mol. The summed E-state index contributed by atoms with van der Waals surface area (Å²) in [7, 11) is 0. The molecule has 6 nitrogen and oxygen atoms in total. The molecule has 1 N–H and O–H groups in total. The van der Waals surface area contributed by atoms with Crippen molar-refractivity contribution in [2.45, 2.75) is 26.2 Å². The number of ether oxygens (including phenoxy) is 1. The average Bonchev–Trinajstić information content (AvgIpc) is 3.16. The molecular formula is C17H19N3O3S. The molecule has 2 heterocycles. The van der Waals surface area contributed by atoms with Crippen LogP contribution in [0.1, 0.15) is 36.8 Å². The van der Waals surface area contributed by atoms with Gasteiger partial charge in [-0.1, -0.05) is 26.8 Å². The number of thiazole rings is 1. The first kappa shape index (κ1) is 16.4. The van der Waals surface area contributed by atoms with Crippen LogP contribution in [-0.4, -0.2) is 30.1 Å². The van der Waals surface area contributed by atoms with Gasteiger partial charge in [-0.2, -0.15) is 0 Å². The fraction of sp³-hybridized carbons (Fsp3) is 0.353. The van der Waals surface area contributed by atoms with E-state index in [1.165, 1.54) is 16.2 Å². The second kappa shape index (κ2) is 6.24. The van der Waals surface area contributed by atoms with Crippen LogP contribution in [0.5, 0.6) is 0 Å². The van der Waals surface area contributed by atoms with Crippen LogP contribution in [0.2, 0.25) is 0 Å². The Morgan fingerprint density at radius 1 is 1.38 bits per heavy atom. The fourth-order valence-corrected chi connectivity index (χ4v) is 3.22. The van der Waals surface area contributed by atoms with Gasteiger partial charge in [0, 0.05) is 22.0 Å². The number of benzene rings is 1. The largest absolute Gasteiger partial charge is 0.447 e. The highest BCUT2D eigenvalue weighted by Crippen LogP contribution is 2.27. The van der Waals surface area contributed by atoms with Crippen LogP contribution in [0.4, 0.5) is 15.6 Å². The average molecular weight is 345 g/mol. The quantitative estimate of drug-likeness (QED) is 0.922. The van der Waals surface area contributed by atoms with Crippen LogP contribution in [0.15, 0.2) is 29.6 Å². The highest BCUT2D eigenvalue weighted by atomic mass is 32.1. The van der Waals surface area contributed by atoms with Gasteiger partial charge in [-0.15, -0.1) is 11.3 Å². The summed E-state index contributed by atoms with van der Waals surface area (Å²) in [6.07, 6.45) is -0.387. The number of nitrogens with one attached hydrogen (secondary N) is 1. The van der Waals surface area contributed by atoms with Crippen molar-refractivity contribution in [2.75, 3.05) is 23.4 Å². The molecule has 1 aliphatic heterocycles. The van der Waals surface area contributed by atoms with Crippen molar-refractivity contribution in [2.24, 2.45) is 0 Å². The van der Waals surface area contributed by atoms with Gasteiger partial charge in [-0.3, -0.25) is 15.0 Å². The van der Waals surface area contributed by atoms with E-state index in [1.54, 1.807) is 24.3 Å². The first-order chi connectivity index (χ1) is 11.3. The van der Waals surface area contributed by atoms with Crippen LogP contribution in [-0.2, 0) is 10.2 Å². The molecule has 126 valence electrons. The summed E-state index contributed by atoms with van der Waals surface area (Å²) in [5.74, 6) is -0.251. The molecule has 0 saturated carbocycles. The number of amides is 2. The topological polar surface area (TPSA) is 71.5 Å². The van der Waals surface area contributed by atoms with Gasteiger partial charge in [0.25, 0.3) is 5.91 Å². The Labute approximate surface area is 144 Å². The Kier molecular flexibility index (Phi) is 4.28. The van der Waals surface area contributed by atoms with Crippen molar-refractivity contribution in [3.63, 3.8) is 0 Å². The van der Waals surface area contributed by atoms with Crippen molar-refractivity contribution in [1.29, 1.82) is 0 Å². The molecule has 1 saturated heterocycles. The maximum Gasteiger partial charge on any atom is 0.414 e. The van der Waals surface area contributed by atoms with Crippen LogP contribution in [0.25, 0.3) is 0 Å². The summed E-state index contributed by atoms with van der Waals surface area (Å²) >= 11 is 1.40. The van der Waals surface area contributed by atoms with E-state index in [-0.39, 0.29) is 17.4 Å². The molecule has 2 amide bonds. The number of rotatable bonds is 3. The molecule has 1 aromatic heterocycles. The Morgan fingerprint density at radius 2 is 2.17 bits per heavy atom. The van der Waals surface area contributed by atoms with Gasteiger partial charge in [0.05, 0.1) is 12.2 Å². The number of carbonyl (C=O) groups excluding carboxylic acids is 2. The normalized spacial score (nSPS) is 14.6. The highest BCUT2D eigenvalue weighted by Gasteiger charge is 2.24. The maximum absolute atomic E-state index is 12.4. The summed E-state index contributed by atoms with van der Waals surface area (Å²) in [4.78, 5) is 30.1. The van der Waals surface area contributed by atoms with E-state index in [2.05, 4.69) is 31.1 Å². The van der Waals surface area contributed by atoms with Gasteiger partial charge < -0.3 is 4.74 Å². The first-order valence-electron chi connectivity index (χ1n) is 7.66. The zero-order valence-corrected chi connectivity index (χ0v) is 14.6.